The number of para-hydroxylation sites is 1. The maximum absolute atomic E-state index is 13.6. The Kier molecular flexibility index (Phi) is 5.95. The van der Waals surface area contributed by atoms with Gasteiger partial charge in [0.15, 0.2) is 0 Å². The van der Waals surface area contributed by atoms with E-state index in [1.54, 1.807) is 24.3 Å². The molecule has 0 unspecified atom stereocenters. The Bertz CT molecular complexity index is 631. The summed E-state index contributed by atoms with van der Waals surface area (Å²) in [5.74, 6) is -0.329. The Morgan fingerprint density at radius 2 is 1.86 bits per heavy atom. The van der Waals surface area contributed by atoms with Gasteiger partial charge >= 0.3 is 0 Å². The summed E-state index contributed by atoms with van der Waals surface area (Å²) in [6, 6.07) is 13.9. The maximum Gasteiger partial charge on any atom is 0.251 e. The lowest BCUT2D eigenvalue weighted by atomic mass is 10.2. The van der Waals surface area contributed by atoms with Gasteiger partial charge in [0.2, 0.25) is 0 Å². The Morgan fingerprint density at radius 1 is 1.18 bits per heavy atom. The first kappa shape index (κ1) is 16.5. The molecule has 2 aromatic rings. The summed E-state index contributed by atoms with van der Waals surface area (Å²) in [5, 5.41) is 2.87. The molecule has 0 fully saturated rings. The molecular weight excluding hydrogens is 347 g/mol. The minimum atomic E-state index is -0.233. The molecule has 0 saturated heterocycles. The summed E-state index contributed by atoms with van der Waals surface area (Å²) in [7, 11) is 1.84. The van der Waals surface area contributed by atoms with Crippen molar-refractivity contribution in [2.75, 3.05) is 25.0 Å². The molecule has 5 heteroatoms. The van der Waals surface area contributed by atoms with Gasteiger partial charge in [-0.2, -0.15) is 0 Å². The first-order valence-corrected chi connectivity index (χ1v) is 7.86. The van der Waals surface area contributed by atoms with Gasteiger partial charge in [-0.25, -0.2) is 4.39 Å². The molecule has 0 bridgehead atoms. The Morgan fingerprint density at radius 3 is 2.55 bits per heavy atom. The second kappa shape index (κ2) is 7.94. The van der Waals surface area contributed by atoms with Crippen molar-refractivity contribution in [3.05, 3.63) is 64.4 Å². The fourth-order valence-electron chi connectivity index (χ4n) is 2.10. The molecule has 2 aromatic carbocycles. The normalized spacial score (nSPS) is 10.3. The molecule has 2 rings (SSSR count). The van der Waals surface area contributed by atoms with Crippen LogP contribution in [0.15, 0.2) is 53.0 Å². The van der Waals surface area contributed by atoms with E-state index in [1.807, 2.05) is 30.1 Å². The third kappa shape index (κ3) is 4.56. The Hall–Kier alpha value is -1.88. The smallest absolute Gasteiger partial charge is 0.251 e. The average Bonchev–Trinajstić information content (AvgIpc) is 2.52. The summed E-state index contributed by atoms with van der Waals surface area (Å²) in [6.45, 7) is 1.22. The SMILES string of the molecule is CN(CCCNC(=O)c1ccc(Br)cc1)c1ccccc1F. The summed E-state index contributed by atoms with van der Waals surface area (Å²) < 4.78 is 14.6. The summed E-state index contributed by atoms with van der Waals surface area (Å²) in [6.07, 6.45) is 0.743. The van der Waals surface area contributed by atoms with Crippen LogP contribution in [-0.2, 0) is 0 Å². The van der Waals surface area contributed by atoms with E-state index in [0.29, 0.717) is 24.3 Å². The topological polar surface area (TPSA) is 32.3 Å². The second-order valence-corrected chi connectivity index (χ2v) is 5.90. The van der Waals surface area contributed by atoms with Crippen molar-refractivity contribution in [1.82, 2.24) is 5.32 Å². The van der Waals surface area contributed by atoms with Gasteiger partial charge in [-0.15, -0.1) is 0 Å². The lowest BCUT2D eigenvalue weighted by molar-refractivity contribution is 0.0953. The fraction of sp³-hybridized carbons (Fsp3) is 0.235. The molecule has 0 atom stereocenters. The third-order valence-electron chi connectivity index (χ3n) is 3.33. The van der Waals surface area contributed by atoms with Crippen LogP contribution in [0.2, 0.25) is 0 Å². The zero-order valence-electron chi connectivity index (χ0n) is 12.4. The number of carbonyl (C=O) groups excluding carboxylic acids is 1. The van der Waals surface area contributed by atoms with Gasteiger partial charge < -0.3 is 10.2 Å². The summed E-state index contributed by atoms with van der Waals surface area (Å²) in [5.41, 5.74) is 1.20. The van der Waals surface area contributed by atoms with E-state index in [1.165, 1.54) is 6.07 Å². The number of halogens is 2. The fourth-order valence-corrected chi connectivity index (χ4v) is 2.37. The van der Waals surface area contributed by atoms with Gasteiger partial charge in [0.25, 0.3) is 5.91 Å². The molecule has 0 aromatic heterocycles. The first-order chi connectivity index (χ1) is 10.6. The largest absolute Gasteiger partial charge is 0.372 e. The number of hydrogen-bond donors (Lipinski definition) is 1. The molecule has 22 heavy (non-hydrogen) atoms. The van der Waals surface area contributed by atoms with Crippen LogP contribution in [0, 0.1) is 5.82 Å². The van der Waals surface area contributed by atoms with Crippen molar-refractivity contribution < 1.29 is 9.18 Å². The number of nitrogens with zero attached hydrogens (tertiary/aromatic N) is 1. The number of hydrogen-bond acceptors (Lipinski definition) is 2. The van der Waals surface area contributed by atoms with Crippen molar-refractivity contribution in [3.8, 4) is 0 Å². The Balaban J connectivity index is 1.76. The van der Waals surface area contributed by atoms with Crippen molar-refractivity contribution >= 4 is 27.5 Å². The number of carbonyl (C=O) groups is 1. The zero-order valence-corrected chi connectivity index (χ0v) is 13.9. The standard InChI is InChI=1S/C17H18BrFN2O/c1-21(16-6-3-2-5-15(16)19)12-4-11-20-17(22)13-7-9-14(18)10-8-13/h2-3,5-10H,4,11-12H2,1H3,(H,20,22). The first-order valence-electron chi connectivity index (χ1n) is 7.07. The van der Waals surface area contributed by atoms with Crippen LogP contribution in [0.3, 0.4) is 0 Å². The van der Waals surface area contributed by atoms with E-state index in [2.05, 4.69) is 21.2 Å². The van der Waals surface area contributed by atoms with Crippen molar-refractivity contribution in [3.63, 3.8) is 0 Å². The van der Waals surface area contributed by atoms with Crippen LogP contribution in [0.25, 0.3) is 0 Å². The molecule has 0 radical (unpaired) electrons. The van der Waals surface area contributed by atoms with Crippen LogP contribution in [0.5, 0.6) is 0 Å². The van der Waals surface area contributed by atoms with Gasteiger partial charge in [0.1, 0.15) is 5.82 Å². The van der Waals surface area contributed by atoms with E-state index in [4.69, 9.17) is 0 Å². The van der Waals surface area contributed by atoms with Crippen molar-refractivity contribution in [1.29, 1.82) is 0 Å². The Labute approximate surface area is 138 Å². The highest BCUT2D eigenvalue weighted by Crippen LogP contribution is 2.16. The van der Waals surface area contributed by atoms with E-state index >= 15 is 0 Å². The lowest BCUT2D eigenvalue weighted by Gasteiger charge is -2.19. The highest BCUT2D eigenvalue weighted by molar-refractivity contribution is 9.10. The van der Waals surface area contributed by atoms with E-state index < -0.39 is 0 Å². The minimum absolute atomic E-state index is 0.0963. The van der Waals surface area contributed by atoms with Crippen LogP contribution < -0.4 is 10.2 Å². The van der Waals surface area contributed by atoms with Gasteiger partial charge in [-0.1, -0.05) is 28.1 Å². The maximum atomic E-state index is 13.6. The molecule has 0 heterocycles. The quantitative estimate of drug-likeness (QED) is 0.789. The molecule has 0 aliphatic carbocycles. The highest BCUT2D eigenvalue weighted by Gasteiger charge is 2.07. The second-order valence-electron chi connectivity index (χ2n) is 4.99. The van der Waals surface area contributed by atoms with Gasteiger partial charge in [0, 0.05) is 30.2 Å². The molecule has 0 spiro atoms. The lowest BCUT2D eigenvalue weighted by Crippen LogP contribution is -2.28. The van der Waals surface area contributed by atoms with Gasteiger partial charge in [-0.05, 0) is 42.8 Å². The van der Waals surface area contributed by atoms with Crippen molar-refractivity contribution in [2.45, 2.75) is 6.42 Å². The molecule has 0 saturated carbocycles. The molecule has 0 aliphatic rings. The number of benzene rings is 2. The molecule has 116 valence electrons. The highest BCUT2D eigenvalue weighted by atomic mass is 79.9. The number of nitrogens with one attached hydrogen (secondary N) is 1. The molecule has 1 amide bonds. The number of anilines is 1. The predicted octanol–water partition coefficient (Wildman–Crippen LogP) is 3.84. The van der Waals surface area contributed by atoms with Crippen LogP contribution in [-0.4, -0.2) is 26.0 Å². The van der Waals surface area contributed by atoms with E-state index in [0.717, 1.165) is 10.9 Å². The van der Waals surface area contributed by atoms with Crippen LogP contribution in [0.1, 0.15) is 16.8 Å². The third-order valence-corrected chi connectivity index (χ3v) is 3.85. The molecule has 3 nitrogen and oxygen atoms in total. The predicted molar refractivity (Wildman–Crippen MR) is 90.8 cm³/mol. The molecule has 0 aliphatic heterocycles. The summed E-state index contributed by atoms with van der Waals surface area (Å²) >= 11 is 3.33. The molecule has 1 N–H and O–H groups in total. The zero-order chi connectivity index (χ0) is 15.9. The van der Waals surface area contributed by atoms with Crippen molar-refractivity contribution in [2.24, 2.45) is 0 Å². The average molecular weight is 365 g/mol. The van der Waals surface area contributed by atoms with Crippen LogP contribution in [0.4, 0.5) is 10.1 Å². The van der Waals surface area contributed by atoms with Gasteiger partial charge in [0.05, 0.1) is 5.69 Å². The monoisotopic (exact) mass is 364 g/mol. The van der Waals surface area contributed by atoms with Gasteiger partial charge in [-0.3, -0.25) is 4.79 Å². The number of amides is 1. The van der Waals surface area contributed by atoms with E-state index in [-0.39, 0.29) is 11.7 Å². The molecular formula is C17H18BrFN2O. The van der Waals surface area contributed by atoms with E-state index in [9.17, 15) is 9.18 Å². The number of rotatable bonds is 6. The summed E-state index contributed by atoms with van der Waals surface area (Å²) in [4.78, 5) is 13.8. The minimum Gasteiger partial charge on any atom is -0.372 e. The van der Waals surface area contributed by atoms with Crippen LogP contribution >= 0.6 is 15.9 Å².